The van der Waals surface area contributed by atoms with Crippen LogP contribution in [0.4, 0.5) is 15.8 Å². The standard InChI is InChI=1S/C21H22FN5O3S/c1-3-30-17-7-5-4-6-16(17)24-20(29)13-31-21-26-25-18(27(21)2)12-19(28)23-15-10-8-14(22)9-11-15/h4-11H,3,12-13H2,1-2H3,(H,23,28)(H,24,29). The first-order valence-electron chi connectivity index (χ1n) is 9.54. The van der Waals surface area contributed by atoms with Crippen molar-refractivity contribution in [2.75, 3.05) is 23.0 Å². The van der Waals surface area contributed by atoms with Gasteiger partial charge in [0.2, 0.25) is 11.8 Å². The number of nitrogens with zero attached hydrogens (tertiary/aromatic N) is 3. The Balaban J connectivity index is 1.53. The number of aromatic nitrogens is 3. The number of rotatable bonds is 9. The molecule has 0 bridgehead atoms. The summed E-state index contributed by atoms with van der Waals surface area (Å²) in [5.74, 6) is 0.285. The zero-order valence-corrected chi connectivity index (χ0v) is 17.9. The molecule has 0 radical (unpaired) electrons. The molecule has 0 saturated carbocycles. The number of anilines is 2. The summed E-state index contributed by atoms with van der Waals surface area (Å²) < 4.78 is 20.1. The minimum absolute atomic E-state index is 0.00460. The highest BCUT2D eigenvalue weighted by Crippen LogP contribution is 2.24. The van der Waals surface area contributed by atoms with Gasteiger partial charge in [0.25, 0.3) is 0 Å². The second kappa shape index (κ2) is 10.6. The molecule has 0 atom stereocenters. The second-order valence-electron chi connectivity index (χ2n) is 6.46. The van der Waals surface area contributed by atoms with E-state index in [0.29, 0.717) is 34.7 Å². The Morgan fingerprint density at radius 3 is 2.55 bits per heavy atom. The Bertz CT molecular complexity index is 1060. The van der Waals surface area contributed by atoms with E-state index in [9.17, 15) is 14.0 Å². The number of hydrogen-bond donors (Lipinski definition) is 2. The van der Waals surface area contributed by atoms with Crippen molar-refractivity contribution in [2.24, 2.45) is 7.05 Å². The molecule has 2 aromatic carbocycles. The largest absolute Gasteiger partial charge is 0.492 e. The van der Waals surface area contributed by atoms with E-state index in [4.69, 9.17) is 4.74 Å². The Labute approximate surface area is 183 Å². The van der Waals surface area contributed by atoms with Crippen LogP contribution in [0.2, 0.25) is 0 Å². The van der Waals surface area contributed by atoms with Gasteiger partial charge in [-0.25, -0.2) is 4.39 Å². The quantitative estimate of drug-likeness (QED) is 0.493. The number of carbonyl (C=O) groups is 2. The van der Waals surface area contributed by atoms with Gasteiger partial charge in [0.1, 0.15) is 17.4 Å². The molecule has 1 aromatic heterocycles. The van der Waals surface area contributed by atoms with Crippen LogP contribution >= 0.6 is 11.8 Å². The average molecular weight is 444 g/mol. The molecular weight excluding hydrogens is 421 g/mol. The van der Waals surface area contributed by atoms with Crippen molar-refractivity contribution in [3.05, 3.63) is 60.2 Å². The molecule has 0 aliphatic heterocycles. The monoisotopic (exact) mass is 443 g/mol. The summed E-state index contributed by atoms with van der Waals surface area (Å²) in [6.07, 6.45) is -0.00460. The normalized spacial score (nSPS) is 10.5. The van der Waals surface area contributed by atoms with E-state index in [1.165, 1.54) is 36.0 Å². The van der Waals surface area contributed by atoms with E-state index >= 15 is 0 Å². The summed E-state index contributed by atoms with van der Waals surface area (Å²) in [6, 6.07) is 12.7. The predicted octanol–water partition coefficient (Wildman–Crippen LogP) is 3.26. The molecule has 2 N–H and O–H groups in total. The van der Waals surface area contributed by atoms with Crippen molar-refractivity contribution >= 4 is 35.0 Å². The average Bonchev–Trinajstić information content (AvgIpc) is 3.09. The number of ether oxygens (including phenoxy) is 1. The highest BCUT2D eigenvalue weighted by Gasteiger charge is 2.15. The molecule has 0 spiro atoms. The molecule has 0 saturated heterocycles. The predicted molar refractivity (Wildman–Crippen MR) is 117 cm³/mol. The maximum Gasteiger partial charge on any atom is 0.234 e. The van der Waals surface area contributed by atoms with Crippen LogP contribution in [0, 0.1) is 5.82 Å². The van der Waals surface area contributed by atoms with Gasteiger partial charge in [0, 0.05) is 12.7 Å². The number of carbonyl (C=O) groups excluding carboxylic acids is 2. The fourth-order valence-corrected chi connectivity index (χ4v) is 3.40. The van der Waals surface area contributed by atoms with Gasteiger partial charge in [-0.05, 0) is 43.3 Å². The number of thioether (sulfide) groups is 1. The van der Waals surface area contributed by atoms with Crippen molar-refractivity contribution in [2.45, 2.75) is 18.5 Å². The molecule has 1 heterocycles. The third-order valence-electron chi connectivity index (χ3n) is 4.17. The van der Waals surface area contributed by atoms with Crippen molar-refractivity contribution in [1.29, 1.82) is 0 Å². The minimum Gasteiger partial charge on any atom is -0.492 e. The molecule has 2 amide bonds. The summed E-state index contributed by atoms with van der Waals surface area (Å²) >= 11 is 1.21. The first kappa shape index (κ1) is 22.3. The first-order chi connectivity index (χ1) is 15.0. The van der Waals surface area contributed by atoms with Crippen LogP contribution in [-0.2, 0) is 23.1 Å². The second-order valence-corrected chi connectivity index (χ2v) is 7.40. The lowest BCUT2D eigenvalue weighted by Crippen LogP contribution is -2.17. The maximum absolute atomic E-state index is 13.0. The summed E-state index contributed by atoms with van der Waals surface area (Å²) in [6.45, 7) is 2.37. The number of benzene rings is 2. The molecule has 0 unspecified atom stereocenters. The van der Waals surface area contributed by atoms with Gasteiger partial charge in [0.15, 0.2) is 5.16 Å². The fraction of sp³-hybridized carbons (Fsp3) is 0.238. The van der Waals surface area contributed by atoms with Crippen LogP contribution in [0.25, 0.3) is 0 Å². The van der Waals surface area contributed by atoms with Crippen LogP contribution < -0.4 is 15.4 Å². The van der Waals surface area contributed by atoms with E-state index in [1.54, 1.807) is 23.7 Å². The van der Waals surface area contributed by atoms with Crippen molar-refractivity contribution in [3.8, 4) is 5.75 Å². The topological polar surface area (TPSA) is 98.1 Å². The van der Waals surface area contributed by atoms with Crippen molar-refractivity contribution in [1.82, 2.24) is 14.8 Å². The highest BCUT2D eigenvalue weighted by atomic mass is 32.2. The van der Waals surface area contributed by atoms with Gasteiger partial charge in [-0.15, -0.1) is 10.2 Å². The zero-order chi connectivity index (χ0) is 22.2. The molecule has 0 fully saturated rings. The number of hydrogen-bond acceptors (Lipinski definition) is 6. The molecule has 31 heavy (non-hydrogen) atoms. The Hall–Kier alpha value is -3.40. The SMILES string of the molecule is CCOc1ccccc1NC(=O)CSc1nnc(CC(=O)Nc2ccc(F)cc2)n1C. The summed E-state index contributed by atoms with van der Waals surface area (Å²) in [4.78, 5) is 24.5. The maximum atomic E-state index is 13.0. The number of para-hydroxylation sites is 2. The minimum atomic E-state index is -0.376. The van der Waals surface area contributed by atoms with E-state index < -0.39 is 0 Å². The fourth-order valence-electron chi connectivity index (χ4n) is 2.67. The summed E-state index contributed by atoms with van der Waals surface area (Å²) in [5.41, 5.74) is 1.10. The Morgan fingerprint density at radius 2 is 1.81 bits per heavy atom. The van der Waals surface area contributed by atoms with Crippen LogP contribution in [0.5, 0.6) is 5.75 Å². The van der Waals surface area contributed by atoms with Crippen LogP contribution in [0.3, 0.4) is 0 Å². The molecule has 3 aromatic rings. The van der Waals surface area contributed by atoms with E-state index in [2.05, 4.69) is 20.8 Å². The molecule has 8 nitrogen and oxygen atoms in total. The lowest BCUT2D eigenvalue weighted by Gasteiger charge is -2.11. The third-order valence-corrected chi connectivity index (χ3v) is 5.19. The molecular formula is C21H22FN5O3S. The summed E-state index contributed by atoms with van der Waals surface area (Å²) in [5, 5.41) is 14.1. The molecule has 3 rings (SSSR count). The number of amides is 2. The van der Waals surface area contributed by atoms with Gasteiger partial charge in [-0.3, -0.25) is 9.59 Å². The van der Waals surface area contributed by atoms with Gasteiger partial charge in [-0.2, -0.15) is 0 Å². The van der Waals surface area contributed by atoms with Gasteiger partial charge in [-0.1, -0.05) is 23.9 Å². The van der Waals surface area contributed by atoms with Crippen LogP contribution in [0.1, 0.15) is 12.7 Å². The van der Waals surface area contributed by atoms with Crippen molar-refractivity contribution < 1.29 is 18.7 Å². The first-order valence-corrected chi connectivity index (χ1v) is 10.5. The smallest absolute Gasteiger partial charge is 0.234 e. The number of halogens is 1. The van der Waals surface area contributed by atoms with Crippen LogP contribution in [0.15, 0.2) is 53.7 Å². The van der Waals surface area contributed by atoms with Gasteiger partial charge < -0.3 is 19.9 Å². The van der Waals surface area contributed by atoms with E-state index in [0.717, 1.165) is 0 Å². The van der Waals surface area contributed by atoms with E-state index in [-0.39, 0.29) is 29.8 Å². The van der Waals surface area contributed by atoms with Gasteiger partial charge >= 0.3 is 0 Å². The molecule has 162 valence electrons. The summed E-state index contributed by atoms with van der Waals surface area (Å²) in [7, 11) is 1.73. The lowest BCUT2D eigenvalue weighted by molar-refractivity contribution is -0.116. The zero-order valence-electron chi connectivity index (χ0n) is 17.1. The van der Waals surface area contributed by atoms with Crippen LogP contribution in [-0.4, -0.2) is 38.9 Å². The van der Waals surface area contributed by atoms with Gasteiger partial charge in [0.05, 0.1) is 24.5 Å². The number of nitrogens with one attached hydrogen (secondary N) is 2. The lowest BCUT2D eigenvalue weighted by atomic mass is 10.3. The third kappa shape index (κ3) is 6.29. The Morgan fingerprint density at radius 1 is 1.06 bits per heavy atom. The highest BCUT2D eigenvalue weighted by molar-refractivity contribution is 7.99. The molecule has 10 heteroatoms. The van der Waals surface area contributed by atoms with E-state index in [1.807, 2.05) is 19.1 Å². The van der Waals surface area contributed by atoms with Crippen molar-refractivity contribution in [3.63, 3.8) is 0 Å². The Kier molecular flexibility index (Phi) is 7.60. The molecule has 0 aliphatic carbocycles. The molecule has 0 aliphatic rings.